The predicted octanol–water partition coefficient (Wildman–Crippen LogP) is 5.98. The lowest BCUT2D eigenvalue weighted by Gasteiger charge is -2.13. The molecule has 4 aromatic rings. The van der Waals surface area contributed by atoms with Gasteiger partial charge in [0.05, 0.1) is 16.6 Å². The molecular formula is C21H14Cl2N2OS. The Kier molecular flexibility index (Phi) is 5.21. The molecule has 0 bridgehead atoms. The Balaban J connectivity index is 1.81. The van der Waals surface area contributed by atoms with E-state index in [1.165, 1.54) is 11.8 Å². The summed E-state index contributed by atoms with van der Waals surface area (Å²) in [6.45, 7) is 0. The molecule has 0 atom stereocenters. The lowest BCUT2D eigenvalue weighted by Crippen LogP contribution is -2.21. The van der Waals surface area contributed by atoms with Crippen LogP contribution in [0.3, 0.4) is 0 Å². The number of nitrogens with zero attached hydrogens (tertiary/aromatic N) is 2. The second kappa shape index (κ2) is 7.77. The first-order valence-corrected chi connectivity index (χ1v) is 10.0. The van der Waals surface area contributed by atoms with Gasteiger partial charge < -0.3 is 0 Å². The molecular weight excluding hydrogens is 399 g/mol. The van der Waals surface area contributed by atoms with Crippen LogP contribution in [-0.2, 0) is 5.75 Å². The molecule has 0 radical (unpaired) electrons. The van der Waals surface area contributed by atoms with Crippen LogP contribution in [0.1, 0.15) is 5.56 Å². The maximum atomic E-state index is 13.1. The summed E-state index contributed by atoms with van der Waals surface area (Å²) in [6, 6.07) is 22.2. The second-order valence-corrected chi connectivity index (χ2v) is 7.76. The van der Waals surface area contributed by atoms with E-state index in [9.17, 15) is 4.79 Å². The molecule has 1 heterocycles. The van der Waals surface area contributed by atoms with Gasteiger partial charge in [0, 0.05) is 15.8 Å². The van der Waals surface area contributed by atoms with Gasteiger partial charge in [-0.1, -0.05) is 59.2 Å². The normalized spacial score (nSPS) is 11.0. The first kappa shape index (κ1) is 18.1. The van der Waals surface area contributed by atoms with E-state index in [0.717, 1.165) is 11.3 Å². The number of hydrogen-bond donors (Lipinski definition) is 0. The van der Waals surface area contributed by atoms with Crippen molar-refractivity contribution in [1.29, 1.82) is 0 Å². The molecule has 0 saturated carbocycles. The van der Waals surface area contributed by atoms with Crippen LogP contribution in [0.15, 0.2) is 82.7 Å². The Bertz CT molecular complexity index is 1160. The summed E-state index contributed by atoms with van der Waals surface area (Å²) < 4.78 is 1.64. The number of halogens is 2. The number of benzene rings is 3. The Morgan fingerprint density at radius 3 is 2.19 bits per heavy atom. The Morgan fingerprint density at radius 2 is 1.48 bits per heavy atom. The van der Waals surface area contributed by atoms with E-state index in [2.05, 4.69) is 0 Å². The highest BCUT2D eigenvalue weighted by molar-refractivity contribution is 7.98. The first-order chi connectivity index (χ1) is 13.1. The molecule has 1 aromatic heterocycles. The molecule has 134 valence electrons. The number of para-hydroxylation sites is 1. The fraction of sp³-hybridized carbons (Fsp3) is 0.0476. The number of aromatic nitrogens is 2. The van der Waals surface area contributed by atoms with Gasteiger partial charge in [-0.25, -0.2) is 4.98 Å². The van der Waals surface area contributed by atoms with Crippen molar-refractivity contribution in [3.8, 4) is 5.69 Å². The third-order valence-electron chi connectivity index (χ3n) is 4.11. The molecule has 0 unspecified atom stereocenters. The van der Waals surface area contributed by atoms with Crippen LogP contribution >= 0.6 is 35.0 Å². The highest BCUT2D eigenvalue weighted by Gasteiger charge is 2.13. The molecule has 0 aliphatic heterocycles. The monoisotopic (exact) mass is 412 g/mol. The van der Waals surface area contributed by atoms with Gasteiger partial charge in [-0.15, -0.1) is 0 Å². The predicted molar refractivity (Wildman–Crippen MR) is 113 cm³/mol. The molecule has 0 aliphatic rings. The van der Waals surface area contributed by atoms with Crippen molar-refractivity contribution in [2.24, 2.45) is 0 Å². The number of rotatable bonds is 4. The molecule has 4 rings (SSSR count). The molecule has 6 heteroatoms. The molecule has 3 aromatic carbocycles. The fourth-order valence-electron chi connectivity index (χ4n) is 2.76. The van der Waals surface area contributed by atoms with Gasteiger partial charge >= 0.3 is 0 Å². The van der Waals surface area contributed by atoms with Crippen LogP contribution in [0.5, 0.6) is 0 Å². The van der Waals surface area contributed by atoms with E-state index in [1.54, 1.807) is 22.8 Å². The van der Waals surface area contributed by atoms with Crippen molar-refractivity contribution in [2.75, 3.05) is 0 Å². The van der Waals surface area contributed by atoms with Gasteiger partial charge in [-0.05, 0) is 54.1 Å². The van der Waals surface area contributed by atoms with Gasteiger partial charge in [-0.2, -0.15) is 0 Å². The fourth-order valence-corrected chi connectivity index (χ4v) is 3.98. The van der Waals surface area contributed by atoms with E-state index in [-0.39, 0.29) is 5.56 Å². The highest BCUT2D eigenvalue weighted by Crippen LogP contribution is 2.25. The van der Waals surface area contributed by atoms with Crippen molar-refractivity contribution in [3.05, 3.63) is 98.8 Å². The van der Waals surface area contributed by atoms with E-state index >= 15 is 0 Å². The minimum atomic E-state index is -0.0958. The molecule has 0 saturated heterocycles. The Morgan fingerprint density at radius 1 is 0.852 bits per heavy atom. The van der Waals surface area contributed by atoms with E-state index in [1.807, 2.05) is 54.6 Å². The minimum absolute atomic E-state index is 0.0958. The van der Waals surface area contributed by atoms with Crippen molar-refractivity contribution in [2.45, 2.75) is 10.9 Å². The molecule has 0 amide bonds. The second-order valence-electron chi connectivity index (χ2n) is 5.94. The van der Waals surface area contributed by atoms with Crippen LogP contribution in [0.4, 0.5) is 0 Å². The Hall–Kier alpha value is -2.27. The number of thioether (sulfide) groups is 1. The summed E-state index contributed by atoms with van der Waals surface area (Å²) >= 11 is 13.5. The largest absolute Gasteiger partial charge is 0.268 e. The van der Waals surface area contributed by atoms with Gasteiger partial charge in [0.1, 0.15) is 0 Å². The third kappa shape index (κ3) is 3.88. The van der Waals surface area contributed by atoms with Crippen LogP contribution in [0.25, 0.3) is 16.6 Å². The smallest absolute Gasteiger partial charge is 0.266 e. The van der Waals surface area contributed by atoms with Crippen molar-refractivity contribution >= 4 is 45.9 Å². The van der Waals surface area contributed by atoms with Gasteiger partial charge in [-0.3, -0.25) is 9.36 Å². The molecule has 3 nitrogen and oxygen atoms in total. The molecule has 0 N–H and O–H groups in total. The van der Waals surface area contributed by atoms with Crippen LogP contribution < -0.4 is 5.56 Å². The first-order valence-electron chi connectivity index (χ1n) is 8.27. The van der Waals surface area contributed by atoms with Gasteiger partial charge in [0.15, 0.2) is 5.16 Å². The van der Waals surface area contributed by atoms with Crippen molar-refractivity contribution in [3.63, 3.8) is 0 Å². The third-order valence-corrected chi connectivity index (χ3v) is 5.62. The van der Waals surface area contributed by atoms with Gasteiger partial charge in [0.2, 0.25) is 0 Å². The van der Waals surface area contributed by atoms with Crippen LogP contribution in [-0.4, -0.2) is 9.55 Å². The van der Waals surface area contributed by atoms with E-state index in [4.69, 9.17) is 28.2 Å². The SMILES string of the molecule is O=c1c2ccccc2nc(SCc2ccc(Cl)cc2)n1-c1ccc(Cl)cc1. The van der Waals surface area contributed by atoms with Crippen molar-refractivity contribution < 1.29 is 0 Å². The van der Waals surface area contributed by atoms with E-state index in [0.29, 0.717) is 31.9 Å². The van der Waals surface area contributed by atoms with Crippen molar-refractivity contribution in [1.82, 2.24) is 9.55 Å². The summed E-state index contributed by atoms with van der Waals surface area (Å²) in [5.41, 5.74) is 2.43. The molecule has 0 aliphatic carbocycles. The zero-order valence-electron chi connectivity index (χ0n) is 14.1. The molecule has 0 fully saturated rings. The zero-order valence-corrected chi connectivity index (χ0v) is 16.4. The lowest BCUT2D eigenvalue weighted by atomic mass is 10.2. The highest BCUT2D eigenvalue weighted by atomic mass is 35.5. The van der Waals surface area contributed by atoms with Crippen LogP contribution in [0.2, 0.25) is 10.0 Å². The average molecular weight is 413 g/mol. The Labute approximate surface area is 170 Å². The quantitative estimate of drug-likeness (QED) is 0.305. The molecule has 0 spiro atoms. The average Bonchev–Trinajstić information content (AvgIpc) is 2.69. The topological polar surface area (TPSA) is 34.9 Å². The van der Waals surface area contributed by atoms with Crippen LogP contribution in [0, 0.1) is 0 Å². The standard InChI is InChI=1S/C21H14Cl2N2OS/c22-15-7-5-14(6-8-15)13-27-21-24-19-4-2-1-3-18(19)20(26)25(21)17-11-9-16(23)10-12-17/h1-12H,13H2. The summed E-state index contributed by atoms with van der Waals surface area (Å²) in [4.78, 5) is 17.9. The number of fused-ring (bicyclic) bond motifs is 1. The number of hydrogen-bond acceptors (Lipinski definition) is 3. The summed E-state index contributed by atoms with van der Waals surface area (Å²) in [5, 5.41) is 2.54. The minimum Gasteiger partial charge on any atom is -0.268 e. The molecule has 27 heavy (non-hydrogen) atoms. The summed E-state index contributed by atoms with van der Waals surface area (Å²) in [5.74, 6) is 0.676. The maximum absolute atomic E-state index is 13.1. The zero-order chi connectivity index (χ0) is 18.8. The summed E-state index contributed by atoms with van der Waals surface area (Å²) in [6.07, 6.45) is 0. The van der Waals surface area contributed by atoms with E-state index < -0.39 is 0 Å². The van der Waals surface area contributed by atoms with Gasteiger partial charge in [0.25, 0.3) is 5.56 Å². The summed E-state index contributed by atoms with van der Waals surface area (Å²) in [7, 11) is 0. The maximum Gasteiger partial charge on any atom is 0.266 e. The lowest BCUT2D eigenvalue weighted by molar-refractivity contribution is 0.819.